The molecule has 3 N–H and O–H groups in total. The molecule has 154 valence electrons. The summed E-state index contributed by atoms with van der Waals surface area (Å²) in [6, 6.07) is 7.92. The van der Waals surface area contributed by atoms with Gasteiger partial charge in [0.1, 0.15) is 17.7 Å². The minimum Gasteiger partial charge on any atom is -0.471 e. The van der Waals surface area contributed by atoms with Crippen LogP contribution in [-0.4, -0.2) is 41.7 Å². The lowest BCUT2D eigenvalue weighted by Gasteiger charge is -2.17. The zero-order valence-electron chi connectivity index (χ0n) is 16.2. The Balaban J connectivity index is 1.76. The van der Waals surface area contributed by atoms with Gasteiger partial charge >= 0.3 is 0 Å². The Bertz CT molecular complexity index is 1000. The highest BCUT2D eigenvalue weighted by molar-refractivity contribution is 7.89. The van der Waals surface area contributed by atoms with Crippen LogP contribution in [0.3, 0.4) is 0 Å². The molecule has 1 aromatic heterocycles. The van der Waals surface area contributed by atoms with Gasteiger partial charge in [0.2, 0.25) is 21.9 Å². The number of rotatable bonds is 7. The van der Waals surface area contributed by atoms with E-state index in [4.69, 9.17) is 4.74 Å². The number of aromatic nitrogens is 2. The number of aliphatic hydroxyl groups is 1. The van der Waals surface area contributed by atoms with Gasteiger partial charge in [0, 0.05) is 11.7 Å². The second-order valence-corrected chi connectivity index (χ2v) is 8.82. The van der Waals surface area contributed by atoms with Gasteiger partial charge in [-0.05, 0) is 57.4 Å². The van der Waals surface area contributed by atoms with Crippen molar-refractivity contribution in [1.29, 1.82) is 5.26 Å². The number of nitriles is 1. The Kier molecular flexibility index (Phi) is 6.32. The topological polar surface area (TPSA) is 137 Å². The molecule has 29 heavy (non-hydrogen) atoms. The van der Waals surface area contributed by atoms with E-state index in [2.05, 4.69) is 20.0 Å². The van der Waals surface area contributed by atoms with Crippen LogP contribution >= 0.6 is 0 Å². The lowest BCUT2D eigenvalue weighted by Crippen LogP contribution is -2.30. The fourth-order valence-electron chi connectivity index (χ4n) is 3.01. The van der Waals surface area contributed by atoms with Crippen molar-refractivity contribution in [3.63, 3.8) is 0 Å². The van der Waals surface area contributed by atoms with Gasteiger partial charge < -0.3 is 15.2 Å². The van der Waals surface area contributed by atoms with Crippen LogP contribution in [0.25, 0.3) is 0 Å². The molecule has 2 aromatic rings. The molecule has 1 saturated carbocycles. The number of ether oxygens (including phenoxy) is 1. The average molecular weight is 417 g/mol. The summed E-state index contributed by atoms with van der Waals surface area (Å²) in [5.74, 6) is 0.304. The molecular formula is C19H23N5O4S. The van der Waals surface area contributed by atoms with Crippen LogP contribution in [0.5, 0.6) is 5.88 Å². The molecule has 1 aliphatic carbocycles. The zero-order valence-corrected chi connectivity index (χ0v) is 17.0. The first-order chi connectivity index (χ1) is 13.8. The summed E-state index contributed by atoms with van der Waals surface area (Å²) in [6.07, 6.45) is 2.56. The number of nitrogens with zero attached hydrogens (tertiary/aromatic N) is 3. The van der Waals surface area contributed by atoms with Gasteiger partial charge in [-0.1, -0.05) is 0 Å². The summed E-state index contributed by atoms with van der Waals surface area (Å²) in [4.78, 5) is 8.48. The van der Waals surface area contributed by atoms with E-state index in [0.717, 1.165) is 6.42 Å². The molecule has 1 aliphatic rings. The number of aliphatic hydroxyl groups excluding tert-OH is 1. The third-order valence-electron chi connectivity index (χ3n) is 4.37. The van der Waals surface area contributed by atoms with Crippen LogP contribution in [0.15, 0.2) is 35.4 Å². The molecule has 0 aliphatic heterocycles. The van der Waals surface area contributed by atoms with E-state index in [0.29, 0.717) is 18.5 Å². The molecule has 9 nitrogen and oxygen atoms in total. The average Bonchev–Trinajstić information content (AvgIpc) is 3.06. The summed E-state index contributed by atoms with van der Waals surface area (Å²) in [5, 5.41) is 22.2. The number of anilines is 2. The molecule has 1 aromatic carbocycles. The Morgan fingerprint density at radius 1 is 1.28 bits per heavy atom. The highest BCUT2D eigenvalue weighted by Gasteiger charge is 2.28. The number of sulfonamides is 1. The molecule has 1 fully saturated rings. The van der Waals surface area contributed by atoms with Gasteiger partial charge in [-0.3, -0.25) is 0 Å². The van der Waals surface area contributed by atoms with Crippen molar-refractivity contribution in [1.82, 2.24) is 14.7 Å². The largest absolute Gasteiger partial charge is 0.471 e. The maximum atomic E-state index is 12.2. The summed E-state index contributed by atoms with van der Waals surface area (Å²) in [6.45, 7) is 3.50. The Morgan fingerprint density at radius 3 is 2.59 bits per heavy atom. The van der Waals surface area contributed by atoms with Crippen molar-refractivity contribution >= 4 is 21.7 Å². The summed E-state index contributed by atoms with van der Waals surface area (Å²) in [5.41, 5.74) is 0.751. The Labute approximate surface area is 169 Å². The molecule has 2 atom stereocenters. The Hall–Kier alpha value is -2.74. The fraction of sp³-hybridized carbons (Fsp3) is 0.421. The highest BCUT2D eigenvalue weighted by Crippen LogP contribution is 2.26. The molecule has 0 radical (unpaired) electrons. The first kappa shape index (κ1) is 21.0. The van der Waals surface area contributed by atoms with Crippen LogP contribution in [0, 0.1) is 11.3 Å². The van der Waals surface area contributed by atoms with Crippen LogP contribution < -0.4 is 14.8 Å². The van der Waals surface area contributed by atoms with Gasteiger partial charge in [0.15, 0.2) is 0 Å². The maximum absolute atomic E-state index is 12.2. The summed E-state index contributed by atoms with van der Waals surface area (Å²) in [7, 11) is -3.57. The van der Waals surface area contributed by atoms with Gasteiger partial charge in [-0.15, -0.1) is 0 Å². The molecule has 3 rings (SSSR count). The van der Waals surface area contributed by atoms with Crippen molar-refractivity contribution in [2.75, 3.05) is 5.32 Å². The number of hydrogen-bond acceptors (Lipinski definition) is 8. The fourth-order valence-corrected chi connectivity index (χ4v) is 4.26. The maximum Gasteiger partial charge on any atom is 0.240 e. The first-order valence-electron chi connectivity index (χ1n) is 9.30. The zero-order chi connectivity index (χ0) is 21.0. The van der Waals surface area contributed by atoms with Crippen molar-refractivity contribution < 1.29 is 18.3 Å². The molecule has 10 heteroatoms. The van der Waals surface area contributed by atoms with E-state index in [1.165, 1.54) is 18.3 Å². The van der Waals surface area contributed by atoms with Gasteiger partial charge in [-0.2, -0.15) is 10.2 Å². The SMILES string of the molecule is CC(C)NS(=O)(=O)c1ccc(Nc2ncc(C#N)c(OC3CCCC3O)n2)cc1. The van der Waals surface area contributed by atoms with Crippen LogP contribution in [0.1, 0.15) is 38.7 Å². The summed E-state index contributed by atoms with van der Waals surface area (Å²) >= 11 is 0. The van der Waals surface area contributed by atoms with E-state index >= 15 is 0 Å². The highest BCUT2D eigenvalue weighted by atomic mass is 32.2. The normalized spacial score (nSPS) is 19.1. The lowest BCUT2D eigenvalue weighted by molar-refractivity contribution is 0.0572. The minimum atomic E-state index is -3.57. The molecular weight excluding hydrogens is 394 g/mol. The molecule has 2 unspecified atom stereocenters. The van der Waals surface area contributed by atoms with Crippen molar-refractivity contribution in [3.05, 3.63) is 36.0 Å². The van der Waals surface area contributed by atoms with Crippen LogP contribution in [0.2, 0.25) is 0 Å². The third-order valence-corrected chi connectivity index (χ3v) is 6.04. The summed E-state index contributed by atoms with van der Waals surface area (Å²) < 4.78 is 32.6. The quantitative estimate of drug-likeness (QED) is 0.622. The van der Waals surface area contributed by atoms with E-state index in [9.17, 15) is 18.8 Å². The predicted octanol–water partition coefficient (Wildman–Crippen LogP) is 2.07. The van der Waals surface area contributed by atoms with Crippen LogP contribution in [0.4, 0.5) is 11.6 Å². The molecule has 0 amide bonds. The van der Waals surface area contributed by atoms with Gasteiger partial charge in [0.25, 0.3) is 0 Å². The standard InChI is InChI=1S/C19H23N5O4S/c1-12(2)24-29(26,27)15-8-6-14(7-9-15)22-19-21-11-13(10-20)18(23-19)28-17-5-3-4-16(17)25/h6-9,11-12,16-17,24-25H,3-5H2,1-2H3,(H,21,22,23). The monoisotopic (exact) mass is 417 g/mol. The number of nitrogens with one attached hydrogen (secondary N) is 2. The van der Waals surface area contributed by atoms with E-state index in [1.54, 1.807) is 26.0 Å². The Morgan fingerprint density at radius 2 is 2.00 bits per heavy atom. The molecule has 1 heterocycles. The number of hydrogen-bond donors (Lipinski definition) is 3. The number of benzene rings is 1. The first-order valence-corrected chi connectivity index (χ1v) is 10.8. The molecule has 0 bridgehead atoms. The van der Waals surface area contributed by atoms with Crippen molar-refractivity contribution in [3.8, 4) is 11.9 Å². The van der Waals surface area contributed by atoms with Gasteiger partial charge in [0.05, 0.1) is 17.2 Å². The van der Waals surface area contributed by atoms with E-state index in [1.807, 2.05) is 6.07 Å². The van der Waals surface area contributed by atoms with Crippen molar-refractivity contribution in [2.45, 2.75) is 56.3 Å². The second kappa shape index (κ2) is 8.73. The van der Waals surface area contributed by atoms with E-state index < -0.39 is 22.2 Å². The lowest BCUT2D eigenvalue weighted by atomic mass is 10.2. The smallest absolute Gasteiger partial charge is 0.240 e. The third kappa shape index (κ3) is 5.20. The van der Waals surface area contributed by atoms with Crippen LogP contribution in [-0.2, 0) is 10.0 Å². The predicted molar refractivity (Wildman–Crippen MR) is 106 cm³/mol. The minimum absolute atomic E-state index is 0.108. The van der Waals surface area contributed by atoms with Gasteiger partial charge in [-0.25, -0.2) is 18.1 Å². The van der Waals surface area contributed by atoms with E-state index in [-0.39, 0.29) is 28.3 Å². The van der Waals surface area contributed by atoms with Crippen molar-refractivity contribution in [2.24, 2.45) is 0 Å². The molecule has 0 spiro atoms. The second-order valence-electron chi connectivity index (χ2n) is 7.10. The molecule has 0 saturated heterocycles.